The van der Waals surface area contributed by atoms with E-state index in [2.05, 4.69) is 72.7 Å². The second kappa shape index (κ2) is 11.5. The zero-order valence-corrected chi connectivity index (χ0v) is 20.6. The molecule has 178 valence electrons. The Balaban J connectivity index is 1.49. The summed E-state index contributed by atoms with van der Waals surface area (Å²) in [5.41, 5.74) is 5.65. The number of rotatable bonds is 9. The van der Waals surface area contributed by atoms with Crippen molar-refractivity contribution < 1.29 is 9.53 Å². The van der Waals surface area contributed by atoms with E-state index in [1.807, 2.05) is 30.5 Å². The third kappa shape index (κ3) is 6.36. The van der Waals surface area contributed by atoms with Gasteiger partial charge < -0.3 is 10.1 Å². The first-order valence-corrected chi connectivity index (χ1v) is 12.1. The molecule has 35 heavy (non-hydrogen) atoms. The molecule has 4 aromatic rings. The Bertz CT molecular complexity index is 1310. The van der Waals surface area contributed by atoms with Gasteiger partial charge in [-0.3, -0.25) is 9.78 Å². The molecular formula is C31H32N2O2. The number of hydrogen-bond acceptors (Lipinski definition) is 3. The first-order valence-electron chi connectivity index (χ1n) is 12.1. The van der Waals surface area contributed by atoms with Crippen molar-refractivity contribution >= 4 is 22.8 Å². The van der Waals surface area contributed by atoms with Gasteiger partial charge in [-0.25, -0.2) is 0 Å². The highest BCUT2D eigenvalue weighted by Gasteiger charge is 2.11. The Morgan fingerprint density at radius 1 is 1.09 bits per heavy atom. The third-order valence-corrected chi connectivity index (χ3v) is 6.21. The maximum Gasteiger partial charge on any atom is 0.244 e. The molecule has 0 saturated carbocycles. The van der Waals surface area contributed by atoms with Gasteiger partial charge in [0.2, 0.25) is 5.91 Å². The van der Waals surface area contributed by atoms with Crippen LogP contribution in [-0.4, -0.2) is 24.0 Å². The van der Waals surface area contributed by atoms with Crippen molar-refractivity contribution in [1.82, 2.24) is 10.3 Å². The summed E-state index contributed by atoms with van der Waals surface area (Å²) in [5.74, 6) is 0.738. The Kier molecular flexibility index (Phi) is 7.94. The normalized spacial score (nSPS) is 12.1. The second-order valence-corrected chi connectivity index (χ2v) is 8.98. The van der Waals surface area contributed by atoms with Crippen molar-refractivity contribution in [1.29, 1.82) is 0 Å². The van der Waals surface area contributed by atoms with Crippen LogP contribution in [0.4, 0.5) is 0 Å². The molecule has 0 bridgehead atoms. The van der Waals surface area contributed by atoms with Crippen LogP contribution in [0.2, 0.25) is 0 Å². The summed E-state index contributed by atoms with van der Waals surface area (Å²) in [4.78, 5) is 16.8. The van der Waals surface area contributed by atoms with Crippen LogP contribution in [0.5, 0.6) is 5.75 Å². The molecule has 0 aliphatic carbocycles. The molecule has 3 aromatic carbocycles. The molecule has 0 radical (unpaired) electrons. The molecule has 1 atom stereocenters. The number of aromatic nitrogens is 1. The van der Waals surface area contributed by atoms with Crippen LogP contribution in [0, 0.1) is 6.92 Å². The molecule has 1 aromatic heterocycles. The predicted octanol–water partition coefficient (Wildman–Crippen LogP) is 6.76. The number of hydrogen-bond donors (Lipinski definition) is 1. The Labute approximate surface area is 207 Å². The molecule has 1 heterocycles. The molecule has 4 nitrogen and oxygen atoms in total. The van der Waals surface area contributed by atoms with Crippen LogP contribution < -0.4 is 10.1 Å². The lowest BCUT2D eigenvalue weighted by atomic mass is 9.92. The zero-order valence-electron chi connectivity index (χ0n) is 20.6. The summed E-state index contributed by atoms with van der Waals surface area (Å²) < 4.78 is 5.34. The van der Waals surface area contributed by atoms with Gasteiger partial charge in [-0.15, -0.1) is 0 Å². The number of carbonyl (C=O) groups is 1. The molecule has 1 unspecified atom stereocenters. The molecule has 1 amide bonds. The summed E-state index contributed by atoms with van der Waals surface area (Å²) >= 11 is 0. The number of nitrogens with zero attached hydrogens (tertiary/aromatic N) is 1. The predicted molar refractivity (Wildman–Crippen MR) is 144 cm³/mol. The molecule has 1 N–H and O–H groups in total. The van der Waals surface area contributed by atoms with Gasteiger partial charge in [0.15, 0.2) is 0 Å². The van der Waals surface area contributed by atoms with Gasteiger partial charge in [-0.05, 0) is 90.4 Å². The lowest BCUT2D eigenvalue weighted by Crippen LogP contribution is -2.31. The van der Waals surface area contributed by atoms with Crippen molar-refractivity contribution in [2.75, 3.05) is 7.11 Å². The first kappa shape index (κ1) is 24.2. The fourth-order valence-electron chi connectivity index (χ4n) is 4.37. The van der Waals surface area contributed by atoms with Gasteiger partial charge in [0.1, 0.15) is 5.75 Å². The quantitative estimate of drug-likeness (QED) is 0.278. The number of pyridine rings is 1. The molecule has 0 spiro atoms. The molecule has 4 rings (SSSR count). The summed E-state index contributed by atoms with van der Waals surface area (Å²) in [5, 5.41) is 5.44. The largest absolute Gasteiger partial charge is 0.497 e. The molecule has 4 heteroatoms. The van der Waals surface area contributed by atoms with Crippen molar-refractivity contribution in [2.45, 2.75) is 39.2 Å². The average molecular weight is 465 g/mol. The van der Waals surface area contributed by atoms with E-state index in [1.165, 1.54) is 16.5 Å². The zero-order chi connectivity index (χ0) is 24.6. The second-order valence-electron chi connectivity index (χ2n) is 8.98. The van der Waals surface area contributed by atoms with Gasteiger partial charge in [0.05, 0.1) is 7.11 Å². The maximum atomic E-state index is 12.7. The van der Waals surface area contributed by atoms with Crippen LogP contribution in [0.15, 0.2) is 85.2 Å². The molecule has 0 aliphatic rings. The maximum absolute atomic E-state index is 12.7. The summed E-state index contributed by atoms with van der Waals surface area (Å²) in [7, 11) is 1.67. The molecule has 0 fully saturated rings. The van der Waals surface area contributed by atoms with Crippen LogP contribution in [0.25, 0.3) is 28.0 Å². The standard InChI is InChI=1S/C31H32N2O2/c1-22-9-17-29-27(20-22)11-10-25(31(29)26-12-15-28(35-3)16-13-26)14-18-30(34)33-23(2)6-4-7-24-8-5-19-32-21-24/h5,8-21,23H,4,6-7H2,1-3H3,(H,33,34)/b18-14+. The van der Waals surface area contributed by atoms with Crippen molar-refractivity contribution in [3.05, 3.63) is 102 Å². The lowest BCUT2D eigenvalue weighted by molar-refractivity contribution is -0.117. The van der Waals surface area contributed by atoms with E-state index in [0.29, 0.717) is 0 Å². The van der Waals surface area contributed by atoms with E-state index in [1.54, 1.807) is 19.4 Å². The van der Waals surface area contributed by atoms with Gasteiger partial charge in [0, 0.05) is 24.5 Å². The monoisotopic (exact) mass is 464 g/mol. The highest BCUT2D eigenvalue weighted by atomic mass is 16.5. The number of benzene rings is 3. The Hall–Kier alpha value is -3.92. The SMILES string of the molecule is COc1ccc(-c2c(/C=C/C(=O)NC(C)CCCc3cccnc3)ccc3cc(C)ccc23)cc1. The summed E-state index contributed by atoms with van der Waals surface area (Å²) in [6.45, 7) is 4.15. The minimum absolute atomic E-state index is 0.0800. The lowest BCUT2D eigenvalue weighted by Gasteiger charge is -2.14. The van der Waals surface area contributed by atoms with E-state index >= 15 is 0 Å². The molecule has 0 saturated heterocycles. The van der Waals surface area contributed by atoms with E-state index in [-0.39, 0.29) is 11.9 Å². The van der Waals surface area contributed by atoms with Crippen molar-refractivity contribution in [3.8, 4) is 16.9 Å². The third-order valence-electron chi connectivity index (χ3n) is 6.21. The van der Waals surface area contributed by atoms with Crippen LogP contribution in [0.1, 0.15) is 36.5 Å². The fourth-order valence-corrected chi connectivity index (χ4v) is 4.37. The minimum Gasteiger partial charge on any atom is -0.497 e. The topological polar surface area (TPSA) is 51.2 Å². The van der Waals surface area contributed by atoms with Gasteiger partial charge in [-0.2, -0.15) is 0 Å². The minimum atomic E-state index is -0.0800. The van der Waals surface area contributed by atoms with Crippen LogP contribution in [-0.2, 0) is 11.2 Å². The fraction of sp³-hybridized carbons (Fsp3) is 0.226. The molecule has 0 aliphatic heterocycles. The number of fused-ring (bicyclic) bond motifs is 1. The van der Waals surface area contributed by atoms with E-state index in [0.717, 1.165) is 47.1 Å². The van der Waals surface area contributed by atoms with Crippen LogP contribution >= 0.6 is 0 Å². The number of aryl methyl sites for hydroxylation is 2. The summed E-state index contributed by atoms with van der Waals surface area (Å²) in [6.07, 6.45) is 10.1. The summed E-state index contributed by atoms with van der Waals surface area (Å²) in [6, 6.07) is 22.9. The van der Waals surface area contributed by atoms with Crippen molar-refractivity contribution in [3.63, 3.8) is 0 Å². The number of nitrogens with one attached hydrogen (secondary N) is 1. The van der Waals surface area contributed by atoms with Crippen molar-refractivity contribution in [2.24, 2.45) is 0 Å². The number of carbonyl (C=O) groups excluding carboxylic acids is 1. The highest BCUT2D eigenvalue weighted by molar-refractivity contribution is 6.02. The van der Waals surface area contributed by atoms with E-state index in [4.69, 9.17) is 4.74 Å². The van der Waals surface area contributed by atoms with Gasteiger partial charge in [0.25, 0.3) is 0 Å². The molecular weight excluding hydrogens is 432 g/mol. The number of methoxy groups -OCH3 is 1. The van der Waals surface area contributed by atoms with Gasteiger partial charge >= 0.3 is 0 Å². The van der Waals surface area contributed by atoms with E-state index < -0.39 is 0 Å². The number of amides is 1. The smallest absolute Gasteiger partial charge is 0.244 e. The number of ether oxygens (including phenoxy) is 1. The highest BCUT2D eigenvalue weighted by Crippen LogP contribution is 2.34. The van der Waals surface area contributed by atoms with Crippen LogP contribution in [0.3, 0.4) is 0 Å². The van der Waals surface area contributed by atoms with Gasteiger partial charge in [-0.1, -0.05) is 54.1 Å². The Morgan fingerprint density at radius 3 is 2.66 bits per heavy atom. The Morgan fingerprint density at radius 2 is 1.91 bits per heavy atom. The first-order chi connectivity index (χ1) is 17.0. The average Bonchev–Trinajstić information content (AvgIpc) is 2.87. The van der Waals surface area contributed by atoms with E-state index in [9.17, 15) is 4.79 Å².